The number of hydrogen-bond donors (Lipinski definition) is 1. The van der Waals surface area contributed by atoms with Gasteiger partial charge in [-0.25, -0.2) is 0 Å². The highest BCUT2D eigenvalue weighted by atomic mass is 35.5. The molecule has 0 aliphatic carbocycles. The van der Waals surface area contributed by atoms with Crippen LogP contribution in [0.4, 0.5) is 0 Å². The van der Waals surface area contributed by atoms with Crippen LogP contribution >= 0.6 is 11.6 Å². The number of halogens is 1. The molecule has 0 aromatic heterocycles. The summed E-state index contributed by atoms with van der Waals surface area (Å²) < 4.78 is 5.82. The fourth-order valence-corrected chi connectivity index (χ4v) is 5.14. The Morgan fingerprint density at radius 3 is 2.80 bits per heavy atom. The third-order valence-corrected chi connectivity index (χ3v) is 6.87. The molecule has 2 unspecified atom stereocenters. The zero-order chi connectivity index (χ0) is 21.5. The number of likely N-dealkylation sites (tertiary alicyclic amines) is 1. The van der Waals surface area contributed by atoms with Gasteiger partial charge < -0.3 is 14.5 Å². The summed E-state index contributed by atoms with van der Waals surface area (Å²) in [5.74, 6) is 1.09. The number of fused-ring (bicyclic) bond motifs is 1. The Morgan fingerprint density at radius 2 is 2.13 bits per heavy atom. The van der Waals surface area contributed by atoms with Crippen LogP contribution in [0.2, 0.25) is 5.02 Å². The molecule has 2 atom stereocenters. The number of rotatable bonds is 4. The molecule has 1 spiro atoms. The molecule has 3 heterocycles. The first kappa shape index (κ1) is 21.2. The molecule has 162 valence electrons. The van der Waals surface area contributed by atoms with Crippen molar-refractivity contribution in [3.63, 3.8) is 0 Å². The van der Waals surface area contributed by atoms with Gasteiger partial charge in [0.2, 0.25) is 11.8 Å². The molecule has 3 aliphatic heterocycles. The fourth-order valence-electron chi connectivity index (χ4n) is 4.94. The van der Waals surface area contributed by atoms with E-state index < -0.39 is 0 Å². The predicted octanol–water partition coefficient (Wildman–Crippen LogP) is 2.85. The zero-order valence-electron chi connectivity index (χ0n) is 17.7. The molecule has 0 radical (unpaired) electrons. The van der Waals surface area contributed by atoms with Crippen LogP contribution in [0.3, 0.4) is 0 Å². The summed E-state index contributed by atoms with van der Waals surface area (Å²) >= 11 is 6.11. The van der Waals surface area contributed by atoms with Gasteiger partial charge in [-0.05, 0) is 36.1 Å². The van der Waals surface area contributed by atoms with Crippen LogP contribution in [0.25, 0.3) is 0 Å². The van der Waals surface area contributed by atoms with E-state index >= 15 is 0 Å². The van der Waals surface area contributed by atoms with Gasteiger partial charge in [-0.2, -0.15) is 0 Å². The molecule has 2 fully saturated rings. The molecular weight excluding hydrogens is 402 g/mol. The first-order chi connectivity index (χ1) is 14.3. The molecule has 0 saturated carbocycles. The third-order valence-electron chi connectivity index (χ3n) is 6.63. The lowest BCUT2D eigenvalue weighted by molar-refractivity contribution is -0.141. The topological polar surface area (TPSA) is 61.9 Å². The number of hydrogen-bond acceptors (Lipinski definition) is 4. The maximum absolute atomic E-state index is 13.2. The monoisotopic (exact) mass is 431 g/mol. The van der Waals surface area contributed by atoms with E-state index in [2.05, 4.69) is 25.7 Å². The highest BCUT2D eigenvalue weighted by Crippen LogP contribution is 2.36. The van der Waals surface area contributed by atoms with Gasteiger partial charge in [-0.3, -0.25) is 14.9 Å². The highest BCUT2D eigenvalue weighted by molar-refractivity contribution is 6.30. The summed E-state index contributed by atoms with van der Waals surface area (Å²) in [6.45, 7) is 10.1. The van der Waals surface area contributed by atoms with Gasteiger partial charge in [0, 0.05) is 37.5 Å². The summed E-state index contributed by atoms with van der Waals surface area (Å²) in [6, 6.07) is 5.38. The third kappa shape index (κ3) is 3.71. The number of ether oxygens (including phenoxy) is 1. The van der Waals surface area contributed by atoms with Crippen molar-refractivity contribution >= 4 is 23.4 Å². The molecule has 2 saturated heterocycles. The van der Waals surface area contributed by atoms with Gasteiger partial charge in [0.25, 0.3) is 0 Å². The zero-order valence-corrected chi connectivity index (χ0v) is 18.5. The van der Waals surface area contributed by atoms with Crippen molar-refractivity contribution < 1.29 is 14.3 Å². The normalized spacial score (nSPS) is 25.4. The first-order valence-electron chi connectivity index (χ1n) is 10.7. The van der Waals surface area contributed by atoms with Gasteiger partial charge in [-0.1, -0.05) is 31.5 Å². The average Bonchev–Trinajstić information content (AvgIpc) is 3.00. The van der Waals surface area contributed by atoms with Crippen LogP contribution in [0.5, 0.6) is 5.75 Å². The Kier molecular flexibility index (Phi) is 5.82. The van der Waals surface area contributed by atoms with Crippen LogP contribution in [0.1, 0.15) is 32.3 Å². The van der Waals surface area contributed by atoms with E-state index in [9.17, 15) is 9.59 Å². The molecule has 3 aliphatic rings. The Morgan fingerprint density at radius 1 is 1.40 bits per heavy atom. The van der Waals surface area contributed by atoms with Gasteiger partial charge in [0.05, 0.1) is 17.6 Å². The van der Waals surface area contributed by atoms with Crippen LogP contribution in [-0.4, -0.2) is 59.6 Å². The summed E-state index contributed by atoms with van der Waals surface area (Å²) in [6.07, 6.45) is 3.86. The molecule has 1 N–H and O–H groups in total. The van der Waals surface area contributed by atoms with Crippen molar-refractivity contribution in [2.75, 3.05) is 26.2 Å². The molecule has 4 rings (SSSR count). The number of carbonyl (C=O) groups excluding carboxylic acids is 2. The minimum atomic E-state index is -0.389. The summed E-state index contributed by atoms with van der Waals surface area (Å²) in [5, 5.41) is 4.26. The smallest absolute Gasteiger partial charge is 0.241 e. The molecule has 0 bridgehead atoms. The van der Waals surface area contributed by atoms with E-state index in [1.807, 2.05) is 28.0 Å². The van der Waals surface area contributed by atoms with Crippen molar-refractivity contribution in [3.05, 3.63) is 41.4 Å². The van der Waals surface area contributed by atoms with Crippen LogP contribution in [0.15, 0.2) is 30.9 Å². The van der Waals surface area contributed by atoms with E-state index in [1.54, 1.807) is 6.08 Å². The fraction of sp³-hybridized carbons (Fsp3) is 0.565. The van der Waals surface area contributed by atoms with Gasteiger partial charge in [-0.15, -0.1) is 6.58 Å². The largest absolute Gasteiger partial charge is 0.492 e. The molecule has 7 heteroatoms. The minimum absolute atomic E-state index is 0.121. The van der Waals surface area contributed by atoms with E-state index in [-0.39, 0.29) is 35.4 Å². The molecule has 30 heavy (non-hydrogen) atoms. The van der Waals surface area contributed by atoms with Crippen molar-refractivity contribution in [3.8, 4) is 5.75 Å². The Labute approximate surface area is 183 Å². The van der Waals surface area contributed by atoms with Crippen molar-refractivity contribution in [1.82, 2.24) is 15.1 Å². The molecular formula is C23H30ClN3O3. The van der Waals surface area contributed by atoms with Crippen LogP contribution in [-0.2, 0) is 16.0 Å². The molecule has 6 nitrogen and oxygen atoms in total. The van der Waals surface area contributed by atoms with E-state index in [0.29, 0.717) is 37.7 Å². The Balaban J connectivity index is 1.43. The number of nitrogens with one attached hydrogen (secondary N) is 1. The van der Waals surface area contributed by atoms with E-state index in [0.717, 1.165) is 24.2 Å². The van der Waals surface area contributed by atoms with E-state index in [1.165, 1.54) is 0 Å². The molecule has 2 amide bonds. The average molecular weight is 432 g/mol. The predicted molar refractivity (Wildman–Crippen MR) is 116 cm³/mol. The lowest BCUT2D eigenvalue weighted by Gasteiger charge is -2.45. The second-order valence-corrected chi connectivity index (χ2v) is 9.36. The van der Waals surface area contributed by atoms with E-state index in [4.69, 9.17) is 16.3 Å². The number of benzene rings is 1. The van der Waals surface area contributed by atoms with Crippen molar-refractivity contribution in [2.24, 2.45) is 11.8 Å². The molecule has 1 aromatic carbocycles. The van der Waals surface area contributed by atoms with Crippen LogP contribution < -0.4 is 10.1 Å². The Hall–Kier alpha value is -2.05. The number of piperidine rings is 1. The van der Waals surface area contributed by atoms with Gasteiger partial charge in [0.1, 0.15) is 12.4 Å². The highest BCUT2D eigenvalue weighted by Gasteiger charge is 2.52. The minimum Gasteiger partial charge on any atom is -0.492 e. The second kappa shape index (κ2) is 8.23. The SMILES string of the molecule is C=CCN1C(=O)C(C(C)C)NC12CCN(C(=O)C1COc3ccc(Cl)cc3C1)CC2. The van der Waals surface area contributed by atoms with Crippen molar-refractivity contribution in [2.45, 2.75) is 44.8 Å². The Bertz CT molecular complexity index is 848. The maximum Gasteiger partial charge on any atom is 0.241 e. The lowest BCUT2D eigenvalue weighted by atomic mass is 9.92. The summed E-state index contributed by atoms with van der Waals surface area (Å²) in [5.41, 5.74) is 0.598. The number of carbonyl (C=O) groups is 2. The standard InChI is InChI=1S/C23H30ClN3O3/c1-4-9-27-22(29)20(15(2)3)25-23(27)7-10-26(11-8-23)21(28)17-12-16-13-18(24)5-6-19(16)30-14-17/h4-6,13,15,17,20,25H,1,7-12,14H2,2-3H3. The lowest BCUT2D eigenvalue weighted by Crippen LogP contribution is -2.60. The van der Waals surface area contributed by atoms with Crippen molar-refractivity contribution in [1.29, 1.82) is 0 Å². The van der Waals surface area contributed by atoms with Gasteiger partial charge in [0.15, 0.2) is 0 Å². The quantitative estimate of drug-likeness (QED) is 0.744. The number of nitrogens with zero attached hydrogens (tertiary/aromatic N) is 2. The maximum atomic E-state index is 13.2. The van der Waals surface area contributed by atoms with Crippen LogP contribution in [0, 0.1) is 11.8 Å². The van der Waals surface area contributed by atoms with Gasteiger partial charge >= 0.3 is 0 Å². The molecule has 1 aromatic rings. The second-order valence-electron chi connectivity index (χ2n) is 8.92. The number of amides is 2. The summed E-state index contributed by atoms with van der Waals surface area (Å²) in [7, 11) is 0. The summed E-state index contributed by atoms with van der Waals surface area (Å²) in [4.78, 5) is 30.0. The first-order valence-corrected chi connectivity index (χ1v) is 11.1.